The average molecular weight is 284 g/mol. The van der Waals surface area contributed by atoms with Crippen LogP contribution in [0.4, 0.5) is 0 Å². The van der Waals surface area contributed by atoms with E-state index in [4.69, 9.17) is 0 Å². The normalized spacial score (nSPS) is 29.3. The maximum absolute atomic E-state index is 9.74. The zero-order chi connectivity index (χ0) is 14.4. The number of benzene rings is 1. The summed E-state index contributed by atoms with van der Waals surface area (Å²) in [4.78, 5) is 6.31. The van der Waals surface area contributed by atoms with Crippen molar-refractivity contribution >= 4 is 10.9 Å². The molecular formula is C18H24N2O. The number of para-hydroxylation sites is 1. The molecule has 1 aromatic heterocycles. The van der Waals surface area contributed by atoms with Crippen molar-refractivity contribution in [2.24, 2.45) is 11.8 Å². The van der Waals surface area contributed by atoms with Crippen LogP contribution in [0.25, 0.3) is 10.9 Å². The molecule has 3 heteroatoms. The van der Waals surface area contributed by atoms with E-state index in [1.54, 1.807) is 0 Å². The molecule has 3 unspecified atom stereocenters. The summed E-state index contributed by atoms with van der Waals surface area (Å²) in [6.07, 6.45) is 3.42. The molecule has 2 aromatic rings. The summed E-state index contributed by atoms with van der Waals surface area (Å²) >= 11 is 0. The molecule has 2 N–H and O–H groups in total. The van der Waals surface area contributed by atoms with E-state index in [9.17, 15) is 5.11 Å². The minimum Gasteiger partial charge on any atom is -0.396 e. The van der Waals surface area contributed by atoms with E-state index in [-0.39, 0.29) is 0 Å². The second-order valence-corrected chi connectivity index (χ2v) is 6.67. The molecule has 112 valence electrons. The number of rotatable bonds is 2. The lowest BCUT2D eigenvalue weighted by molar-refractivity contribution is 0.0242. The Balaban J connectivity index is 1.74. The quantitative estimate of drug-likeness (QED) is 0.889. The van der Waals surface area contributed by atoms with Crippen LogP contribution in [0.2, 0.25) is 0 Å². The predicted molar refractivity (Wildman–Crippen MR) is 85.3 cm³/mol. The standard InChI is InChI=1S/C18H24N2O/c1-2-12-10-20-8-7-15-14-5-3-4-6-16(14)19-18(15)17(20)9-13(12)11-21/h3-6,12-13,17,19,21H,2,7-11H2,1H3. The second-order valence-electron chi connectivity index (χ2n) is 6.67. The number of nitrogens with one attached hydrogen (secondary N) is 1. The van der Waals surface area contributed by atoms with Crippen LogP contribution in [-0.4, -0.2) is 34.7 Å². The molecule has 0 saturated carbocycles. The molecule has 0 amide bonds. The van der Waals surface area contributed by atoms with Crippen molar-refractivity contribution in [3.8, 4) is 0 Å². The van der Waals surface area contributed by atoms with Gasteiger partial charge < -0.3 is 10.1 Å². The maximum atomic E-state index is 9.74. The first-order valence-electron chi connectivity index (χ1n) is 8.26. The van der Waals surface area contributed by atoms with Crippen LogP contribution in [-0.2, 0) is 6.42 Å². The molecule has 3 atom stereocenters. The van der Waals surface area contributed by atoms with E-state index in [1.807, 2.05) is 0 Å². The van der Waals surface area contributed by atoms with Gasteiger partial charge in [0.1, 0.15) is 0 Å². The van der Waals surface area contributed by atoms with Gasteiger partial charge in [-0.25, -0.2) is 0 Å². The zero-order valence-corrected chi connectivity index (χ0v) is 12.7. The maximum Gasteiger partial charge on any atom is 0.0505 e. The highest BCUT2D eigenvalue weighted by atomic mass is 16.3. The third kappa shape index (κ3) is 2.02. The number of hydrogen-bond acceptors (Lipinski definition) is 2. The summed E-state index contributed by atoms with van der Waals surface area (Å²) in [5.74, 6) is 1.10. The second kappa shape index (κ2) is 5.15. The number of aromatic amines is 1. The van der Waals surface area contributed by atoms with Gasteiger partial charge in [0, 0.05) is 36.3 Å². The van der Waals surface area contributed by atoms with Gasteiger partial charge in [0.2, 0.25) is 0 Å². The number of aliphatic hydroxyl groups is 1. The summed E-state index contributed by atoms with van der Waals surface area (Å²) in [5.41, 5.74) is 4.19. The Morgan fingerprint density at radius 2 is 2.14 bits per heavy atom. The molecule has 0 radical (unpaired) electrons. The van der Waals surface area contributed by atoms with Crippen LogP contribution in [0, 0.1) is 11.8 Å². The van der Waals surface area contributed by atoms with Crippen molar-refractivity contribution in [3.63, 3.8) is 0 Å². The Morgan fingerprint density at radius 3 is 2.95 bits per heavy atom. The van der Waals surface area contributed by atoms with Crippen LogP contribution in [0.1, 0.15) is 37.1 Å². The molecule has 0 aliphatic carbocycles. The van der Waals surface area contributed by atoms with Crippen molar-refractivity contribution in [2.45, 2.75) is 32.2 Å². The van der Waals surface area contributed by atoms with Crippen LogP contribution in [0.5, 0.6) is 0 Å². The summed E-state index contributed by atoms with van der Waals surface area (Å²) < 4.78 is 0. The Hall–Kier alpha value is -1.32. The Bertz CT molecular complexity index is 648. The molecule has 3 nitrogen and oxygen atoms in total. The van der Waals surface area contributed by atoms with Crippen molar-refractivity contribution < 1.29 is 5.11 Å². The van der Waals surface area contributed by atoms with E-state index in [2.05, 4.69) is 41.1 Å². The molecule has 0 spiro atoms. The highest BCUT2D eigenvalue weighted by Crippen LogP contribution is 2.43. The molecule has 0 bridgehead atoms. The highest BCUT2D eigenvalue weighted by Gasteiger charge is 2.39. The van der Waals surface area contributed by atoms with E-state index < -0.39 is 0 Å². The predicted octanol–water partition coefficient (Wildman–Crippen LogP) is 3.11. The number of H-pyrrole nitrogens is 1. The van der Waals surface area contributed by atoms with Crippen LogP contribution >= 0.6 is 0 Å². The van der Waals surface area contributed by atoms with Gasteiger partial charge in [0.15, 0.2) is 0 Å². The lowest BCUT2D eigenvalue weighted by Gasteiger charge is -2.45. The third-order valence-corrected chi connectivity index (χ3v) is 5.69. The largest absolute Gasteiger partial charge is 0.396 e. The molecular weight excluding hydrogens is 260 g/mol. The third-order valence-electron chi connectivity index (χ3n) is 5.69. The molecule has 21 heavy (non-hydrogen) atoms. The monoisotopic (exact) mass is 284 g/mol. The number of aromatic nitrogens is 1. The molecule has 1 saturated heterocycles. The van der Waals surface area contributed by atoms with Crippen LogP contribution < -0.4 is 0 Å². The summed E-state index contributed by atoms with van der Waals surface area (Å²) in [6.45, 7) is 4.89. The first kappa shape index (κ1) is 13.4. The molecule has 1 fully saturated rings. The number of fused-ring (bicyclic) bond motifs is 5. The SMILES string of the molecule is CCC1CN2CCc3c([nH]c4ccccc34)C2CC1CO. The van der Waals surface area contributed by atoms with Crippen LogP contribution in [0.15, 0.2) is 24.3 Å². The minimum atomic E-state index is 0.332. The zero-order valence-electron chi connectivity index (χ0n) is 12.7. The van der Waals surface area contributed by atoms with E-state index in [0.29, 0.717) is 24.5 Å². The number of hydrogen-bond donors (Lipinski definition) is 2. The average Bonchev–Trinajstić information content (AvgIpc) is 2.92. The molecule has 1 aromatic carbocycles. The summed E-state index contributed by atoms with van der Waals surface area (Å²) in [6, 6.07) is 9.13. The van der Waals surface area contributed by atoms with E-state index >= 15 is 0 Å². The van der Waals surface area contributed by atoms with Crippen LogP contribution in [0.3, 0.4) is 0 Å². The van der Waals surface area contributed by atoms with E-state index in [1.165, 1.54) is 28.6 Å². The fourth-order valence-corrected chi connectivity index (χ4v) is 4.47. The Labute approximate surface area is 126 Å². The highest BCUT2D eigenvalue weighted by molar-refractivity contribution is 5.85. The minimum absolute atomic E-state index is 0.332. The van der Waals surface area contributed by atoms with Gasteiger partial charge in [0.05, 0.1) is 6.04 Å². The van der Waals surface area contributed by atoms with Gasteiger partial charge >= 0.3 is 0 Å². The molecule has 4 rings (SSSR count). The van der Waals surface area contributed by atoms with Crippen molar-refractivity contribution in [2.75, 3.05) is 19.7 Å². The number of nitrogens with zero attached hydrogens (tertiary/aromatic N) is 1. The fourth-order valence-electron chi connectivity index (χ4n) is 4.47. The van der Waals surface area contributed by atoms with Gasteiger partial charge in [-0.05, 0) is 36.3 Å². The lowest BCUT2D eigenvalue weighted by Crippen LogP contribution is -2.46. The Morgan fingerprint density at radius 1 is 1.29 bits per heavy atom. The first-order chi connectivity index (χ1) is 10.3. The number of aliphatic hydroxyl groups excluding tert-OH is 1. The molecule has 2 aliphatic heterocycles. The fraction of sp³-hybridized carbons (Fsp3) is 0.556. The smallest absolute Gasteiger partial charge is 0.0505 e. The van der Waals surface area contributed by atoms with Crippen molar-refractivity contribution in [1.29, 1.82) is 0 Å². The summed E-state index contributed by atoms with van der Waals surface area (Å²) in [7, 11) is 0. The van der Waals surface area contributed by atoms with Gasteiger partial charge in [-0.2, -0.15) is 0 Å². The summed E-state index contributed by atoms with van der Waals surface area (Å²) in [5, 5.41) is 11.1. The lowest BCUT2D eigenvalue weighted by atomic mass is 9.78. The first-order valence-corrected chi connectivity index (χ1v) is 8.26. The van der Waals surface area contributed by atoms with Crippen molar-refractivity contribution in [3.05, 3.63) is 35.5 Å². The topological polar surface area (TPSA) is 39.3 Å². The number of piperidine rings is 1. The van der Waals surface area contributed by atoms with Gasteiger partial charge in [-0.3, -0.25) is 4.90 Å². The van der Waals surface area contributed by atoms with Crippen molar-refractivity contribution in [1.82, 2.24) is 9.88 Å². The van der Waals surface area contributed by atoms with Gasteiger partial charge in [0.25, 0.3) is 0 Å². The molecule has 3 heterocycles. The van der Waals surface area contributed by atoms with E-state index in [0.717, 1.165) is 25.9 Å². The molecule has 2 aliphatic rings. The van der Waals surface area contributed by atoms with Gasteiger partial charge in [-0.15, -0.1) is 0 Å². The Kier molecular flexibility index (Phi) is 3.27. The van der Waals surface area contributed by atoms with Gasteiger partial charge in [-0.1, -0.05) is 31.5 Å².